The zero-order chi connectivity index (χ0) is 13.9. The summed E-state index contributed by atoms with van der Waals surface area (Å²) in [5.41, 5.74) is -0.545. The minimum absolute atomic E-state index is 0.278. The summed E-state index contributed by atoms with van der Waals surface area (Å²) in [6, 6.07) is 0. The number of unbranched alkanes of at least 4 members (excludes halogenated alkanes) is 6. The second-order valence-electron chi connectivity index (χ2n) is 5.31. The van der Waals surface area contributed by atoms with Crippen molar-refractivity contribution in [1.29, 1.82) is 0 Å². The molecule has 0 aliphatic rings. The molecule has 0 amide bonds. The molecule has 0 rings (SSSR count). The monoisotopic (exact) mass is 256 g/mol. The van der Waals surface area contributed by atoms with Gasteiger partial charge in [0.2, 0.25) is 0 Å². The molecule has 0 aromatic heterocycles. The van der Waals surface area contributed by atoms with Gasteiger partial charge in [-0.15, -0.1) is 0 Å². The molecular formula is C16H32O2. The first-order valence-corrected chi connectivity index (χ1v) is 7.78. The van der Waals surface area contributed by atoms with E-state index >= 15 is 0 Å². The van der Waals surface area contributed by atoms with Crippen molar-refractivity contribution in [1.82, 2.24) is 0 Å². The summed E-state index contributed by atoms with van der Waals surface area (Å²) < 4.78 is 5.60. The molecule has 18 heavy (non-hydrogen) atoms. The van der Waals surface area contributed by atoms with E-state index in [2.05, 4.69) is 6.92 Å². The standard InChI is InChI=1S/C16H32O2/c1-5-8-9-10-11-12-13-14-15(17)16(4,6-2)18-7-3/h5-14H2,1-4H3. The molecule has 0 radical (unpaired) electrons. The number of rotatable bonds is 12. The lowest BCUT2D eigenvalue weighted by molar-refractivity contribution is -0.142. The van der Waals surface area contributed by atoms with E-state index in [1.54, 1.807) is 0 Å². The maximum absolute atomic E-state index is 12.1. The van der Waals surface area contributed by atoms with E-state index in [9.17, 15) is 4.79 Å². The van der Waals surface area contributed by atoms with E-state index in [-0.39, 0.29) is 5.78 Å². The van der Waals surface area contributed by atoms with Crippen LogP contribution < -0.4 is 0 Å². The lowest BCUT2D eigenvalue weighted by atomic mass is 9.93. The van der Waals surface area contributed by atoms with Gasteiger partial charge in [-0.05, 0) is 26.7 Å². The lowest BCUT2D eigenvalue weighted by Gasteiger charge is -2.26. The van der Waals surface area contributed by atoms with Gasteiger partial charge in [0.15, 0.2) is 5.78 Å². The number of hydrogen-bond acceptors (Lipinski definition) is 2. The van der Waals surface area contributed by atoms with Crippen molar-refractivity contribution < 1.29 is 9.53 Å². The second-order valence-corrected chi connectivity index (χ2v) is 5.31. The highest BCUT2D eigenvalue weighted by Crippen LogP contribution is 2.20. The summed E-state index contributed by atoms with van der Waals surface area (Å²) >= 11 is 0. The van der Waals surface area contributed by atoms with Gasteiger partial charge >= 0.3 is 0 Å². The SMILES string of the molecule is CCCCCCCCCC(=O)C(C)(CC)OCC. The van der Waals surface area contributed by atoms with Crippen LogP contribution in [-0.4, -0.2) is 18.0 Å². The molecule has 0 N–H and O–H groups in total. The average molecular weight is 256 g/mol. The fourth-order valence-corrected chi connectivity index (χ4v) is 2.21. The third kappa shape index (κ3) is 7.15. The van der Waals surface area contributed by atoms with Crippen molar-refractivity contribution in [2.75, 3.05) is 6.61 Å². The Hall–Kier alpha value is -0.370. The van der Waals surface area contributed by atoms with E-state index in [0.29, 0.717) is 13.0 Å². The van der Waals surface area contributed by atoms with Crippen LogP contribution in [0.15, 0.2) is 0 Å². The zero-order valence-corrected chi connectivity index (χ0v) is 12.9. The van der Waals surface area contributed by atoms with Gasteiger partial charge in [-0.25, -0.2) is 0 Å². The van der Waals surface area contributed by atoms with E-state index in [0.717, 1.165) is 12.8 Å². The third-order valence-electron chi connectivity index (χ3n) is 3.73. The first kappa shape index (κ1) is 17.6. The highest BCUT2D eigenvalue weighted by atomic mass is 16.5. The Bertz CT molecular complexity index is 213. The van der Waals surface area contributed by atoms with Gasteiger partial charge in [-0.2, -0.15) is 0 Å². The third-order valence-corrected chi connectivity index (χ3v) is 3.73. The maximum Gasteiger partial charge on any atom is 0.164 e. The number of carbonyl (C=O) groups is 1. The average Bonchev–Trinajstić information content (AvgIpc) is 2.37. The minimum atomic E-state index is -0.545. The molecular weight excluding hydrogens is 224 g/mol. The van der Waals surface area contributed by atoms with E-state index in [1.165, 1.54) is 38.5 Å². The molecule has 108 valence electrons. The molecule has 2 nitrogen and oxygen atoms in total. The van der Waals surface area contributed by atoms with Gasteiger partial charge in [0, 0.05) is 13.0 Å². The van der Waals surface area contributed by atoms with Gasteiger partial charge in [-0.1, -0.05) is 52.4 Å². The molecule has 0 saturated heterocycles. The summed E-state index contributed by atoms with van der Waals surface area (Å²) in [4.78, 5) is 12.1. The lowest BCUT2D eigenvalue weighted by Crippen LogP contribution is -2.37. The van der Waals surface area contributed by atoms with Gasteiger partial charge in [0.25, 0.3) is 0 Å². The van der Waals surface area contributed by atoms with Crippen molar-refractivity contribution in [2.45, 2.75) is 91.1 Å². The summed E-state index contributed by atoms with van der Waals surface area (Å²) in [7, 11) is 0. The quantitative estimate of drug-likeness (QED) is 0.464. The van der Waals surface area contributed by atoms with Crippen molar-refractivity contribution >= 4 is 5.78 Å². The van der Waals surface area contributed by atoms with E-state index in [4.69, 9.17) is 4.74 Å². The molecule has 0 bridgehead atoms. The van der Waals surface area contributed by atoms with Crippen LogP contribution in [-0.2, 0) is 9.53 Å². The normalized spacial score (nSPS) is 14.4. The molecule has 0 aromatic rings. The Morgan fingerprint density at radius 3 is 2.00 bits per heavy atom. The summed E-state index contributed by atoms with van der Waals surface area (Å²) in [5, 5.41) is 0. The fraction of sp³-hybridized carbons (Fsp3) is 0.938. The molecule has 0 spiro atoms. The van der Waals surface area contributed by atoms with Crippen molar-refractivity contribution in [3.05, 3.63) is 0 Å². The van der Waals surface area contributed by atoms with Crippen LogP contribution in [0.2, 0.25) is 0 Å². The highest BCUT2D eigenvalue weighted by Gasteiger charge is 2.30. The Morgan fingerprint density at radius 2 is 1.50 bits per heavy atom. The van der Waals surface area contributed by atoms with E-state index in [1.807, 2.05) is 20.8 Å². The van der Waals surface area contributed by atoms with Crippen LogP contribution in [0.1, 0.15) is 85.5 Å². The first-order valence-electron chi connectivity index (χ1n) is 7.78. The van der Waals surface area contributed by atoms with Crippen molar-refractivity contribution in [3.8, 4) is 0 Å². The smallest absolute Gasteiger partial charge is 0.164 e. The molecule has 0 aliphatic carbocycles. The molecule has 0 aromatic carbocycles. The van der Waals surface area contributed by atoms with Crippen LogP contribution in [0.4, 0.5) is 0 Å². The van der Waals surface area contributed by atoms with E-state index < -0.39 is 5.60 Å². The second kappa shape index (κ2) is 10.5. The topological polar surface area (TPSA) is 26.3 Å². The first-order chi connectivity index (χ1) is 8.60. The Kier molecular flexibility index (Phi) is 10.3. The molecule has 1 unspecified atom stereocenters. The fourth-order valence-electron chi connectivity index (χ4n) is 2.21. The minimum Gasteiger partial charge on any atom is -0.368 e. The number of Topliss-reactive ketones (excluding diaryl/α,β-unsaturated/α-hetero) is 1. The summed E-state index contributed by atoms with van der Waals surface area (Å²) in [6.07, 6.45) is 10.2. The molecule has 0 fully saturated rings. The van der Waals surface area contributed by atoms with Crippen LogP contribution >= 0.6 is 0 Å². The largest absolute Gasteiger partial charge is 0.368 e. The predicted molar refractivity (Wildman–Crippen MR) is 77.9 cm³/mol. The molecule has 0 aliphatic heterocycles. The van der Waals surface area contributed by atoms with Crippen LogP contribution in [0.5, 0.6) is 0 Å². The Balaban J connectivity index is 3.68. The van der Waals surface area contributed by atoms with Crippen molar-refractivity contribution in [2.24, 2.45) is 0 Å². The number of ether oxygens (including phenoxy) is 1. The Morgan fingerprint density at radius 1 is 0.944 bits per heavy atom. The summed E-state index contributed by atoms with van der Waals surface area (Å²) in [5.74, 6) is 0.278. The van der Waals surface area contributed by atoms with Crippen LogP contribution in [0.25, 0.3) is 0 Å². The highest BCUT2D eigenvalue weighted by molar-refractivity contribution is 5.86. The molecule has 0 heterocycles. The molecule has 2 heteroatoms. The van der Waals surface area contributed by atoms with Gasteiger partial charge in [0.1, 0.15) is 5.60 Å². The molecule has 0 saturated carbocycles. The zero-order valence-electron chi connectivity index (χ0n) is 12.9. The van der Waals surface area contributed by atoms with Crippen molar-refractivity contribution in [3.63, 3.8) is 0 Å². The number of hydrogen-bond donors (Lipinski definition) is 0. The summed E-state index contributed by atoms with van der Waals surface area (Å²) in [6.45, 7) is 8.76. The van der Waals surface area contributed by atoms with Crippen LogP contribution in [0.3, 0.4) is 0 Å². The van der Waals surface area contributed by atoms with Gasteiger partial charge in [0.05, 0.1) is 0 Å². The Labute approximate surface area is 113 Å². The predicted octanol–water partition coefficient (Wildman–Crippen LogP) is 4.90. The van der Waals surface area contributed by atoms with Crippen LogP contribution in [0, 0.1) is 0 Å². The maximum atomic E-state index is 12.1. The van der Waals surface area contributed by atoms with Gasteiger partial charge < -0.3 is 4.74 Å². The number of carbonyl (C=O) groups excluding carboxylic acids is 1. The molecule has 1 atom stereocenters. The number of ketones is 1. The van der Waals surface area contributed by atoms with Gasteiger partial charge in [-0.3, -0.25) is 4.79 Å².